The van der Waals surface area contributed by atoms with E-state index in [1.165, 1.54) is 0 Å². The van der Waals surface area contributed by atoms with E-state index in [-0.39, 0.29) is 0 Å². The van der Waals surface area contributed by atoms with E-state index in [1.807, 2.05) is 12.1 Å². The summed E-state index contributed by atoms with van der Waals surface area (Å²) in [6.07, 6.45) is 2.21. The molecule has 0 unspecified atom stereocenters. The van der Waals surface area contributed by atoms with Gasteiger partial charge in [-0.15, -0.1) is 11.6 Å². The van der Waals surface area contributed by atoms with E-state index in [2.05, 4.69) is 21.5 Å². The van der Waals surface area contributed by atoms with Crippen molar-refractivity contribution in [2.75, 3.05) is 20.1 Å². The van der Waals surface area contributed by atoms with Crippen molar-refractivity contribution in [1.29, 1.82) is 0 Å². The lowest BCUT2D eigenvalue weighted by Gasteiger charge is -2.31. The molecule has 1 aromatic heterocycles. The van der Waals surface area contributed by atoms with Crippen molar-refractivity contribution in [3.8, 4) is 0 Å². The largest absolute Gasteiger partial charge is 0.324 e. The molecule has 1 aliphatic heterocycles. The fourth-order valence-electron chi connectivity index (χ4n) is 2.90. The van der Waals surface area contributed by atoms with Gasteiger partial charge in [-0.25, -0.2) is 4.98 Å². The van der Waals surface area contributed by atoms with Crippen molar-refractivity contribution >= 4 is 45.8 Å². The molecule has 0 N–H and O–H groups in total. The molecule has 0 saturated carbocycles. The summed E-state index contributed by atoms with van der Waals surface area (Å²) in [7, 11) is 2.15. The van der Waals surface area contributed by atoms with Crippen LogP contribution < -0.4 is 0 Å². The van der Waals surface area contributed by atoms with Gasteiger partial charge in [-0.1, -0.05) is 23.2 Å². The number of hydrogen-bond acceptors (Lipinski definition) is 2. The maximum Gasteiger partial charge on any atom is 0.125 e. The van der Waals surface area contributed by atoms with Gasteiger partial charge in [0, 0.05) is 6.04 Å². The van der Waals surface area contributed by atoms with E-state index in [9.17, 15) is 0 Å². The number of nitrogens with zero attached hydrogens (tertiary/aromatic N) is 3. The zero-order valence-electron chi connectivity index (χ0n) is 11.2. The van der Waals surface area contributed by atoms with Gasteiger partial charge in [0.2, 0.25) is 0 Å². The van der Waals surface area contributed by atoms with Crippen LogP contribution in [0.25, 0.3) is 11.0 Å². The van der Waals surface area contributed by atoms with Crippen LogP contribution in [-0.4, -0.2) is 34.6 Å². The minimum Gasteiger partial charge on any atom is -0.324 e. The van der Waals surface area contributed by atoms with Crippen LogP contribution in [0.2, 0.25) is 10.0 Å². The number of hydrogen-bond donors (Lipinski definition) is 0. The van der Waals surface area contributed by atoms with E-state index >= 15 is 0 Å². The number of halogens is 3. The second kappa shape index (κ2) is 5.72. The summed E-state index contributed by atoms with van der Waals surface area (Å²) >= 11 is 18.3. The molecule has 1 aliphatic rings. The molecule has 1 fully saturated rings. The van der Waals surface area contributed by atoms with Crippen molar-refractivity contribution in [2.45, 2.75) is 24.8 Å². The first-order valence-electron chi connectivity index (χ1n) is 6.70. The number of rotatable bonds is 2. The lowest BCUT2D eigenvalue weighted by molar-refractivity contribution is 0.222. The van der Waals surface area contributed by atoms with Gasteiger partial charge >= 0.3 is 0 Å². The molecule has 1 aromatic carbocycles. The summed E-state index contributed by atoms with van der Waals surface area (Å²) in [5, 5.41) is 1.10. The highest BCUT2D eigenvalue weighted by molar-refractivity contribution is 6.42. The standard InChI is InChI=1S/C14H16Cl3N3/c1-19-4-2-9(3-5-19)20-13-7-11(17)10(16)6-12(13)18-14(20)8-15/h6-7,9H,2-5,8H2,1H3. The summed E-state index contributed by atoms with van der Waals surface area (Å²) in [6.45, 7) is 2.18. The van der Waals surface area contributed by atoms with Crippen LogP contribution in [-0.2, 0) is 5.88 Å². The highest BCUT2D eigenvalue weighted by Crippen LogP contribution is 2.33. The molecule has 20 heavy (non-hydrogen) atoms. The van der Waals surface area contributed by atoms with Crippen LogP contribution in [0, 0.1) is 0 Å². The monoisotopic (exact) mass is 331 g/mol. The molecule has 2 heterocycles. The van der Waals surface area contributed by atoms with Gasteiger partial charge in [0.25, 0.3) is 0 Å². The first kappa shape index (κ1) is 14.5. The predicted octanol–water partition coefficient (Wildman–Crippen LogP) is 4.35. The molecular formula is C14H16Cl3N3. The van der Waals surface area contributed by atoms with Crippen molar-refractivity contribution < 1.29 is 0 Å². The Hall–Kier alpha value is -0.480. The topological polar surface area (TPSA) is 21.1 Å². The van der Waals surface area contributed by atoms with Crippen molar-refractivity contribution in [3.05, 3.63) is 28.0 Å². The number of likely N-dealkylation sites (tertiary alicyclic amines) is 1. The van der Waals surface area contributed by atoms with Crippen LogP contribution in [0.1, 0.15) is 24.7 Å². The van der Waals surface area contributed by atoms with Crippen LogP contribution in [0.5, 0.6) is 0 Å². The second-order valence-electron chi connectivity index (χ2n) is 5.32. The number of fused-ring (bicyclic) bond motifs is 1. The van der Waals surface area contributed by atoms with E-state index < -0.39 is 0 Å². The molecule has 0 amide bonds. The first-order chi connectivity index (χ1) is 9.60. The molecule has 1 saturated heterocycles. The lowest BCUT2D eigenvalue weighted by atomic mass is 10.0. The summed E-state index contributed by atoms with van der Waals surface area (Å²) in [4.78, 5) is 6.95. The van der Waals surface area contributed by atoms with Crippen molar-refractivity contribution in [2.24, 2.45) is 0 Å². The molecule has 108 valence electrons. The quantitative estimate of drug-likeness (QED) is 0.762. The number of aromatic nitrogens is 2. The molecule has 0 aliphatic carbocycles. The smallest absolute Gasteiger partial charge is 0.125 e. The average molecular weight is 333 g/mol. The summed E-state index contributed by atoms with van der Waals surface area (Å²) in [5.74, 6) is 1.30. The Labute approximate surface area is 133 Å². The van der Waals surface area contributed by atoms with Gasteiger partial charge in [0.1, 0.15) is 5.82 Å². The van der Waals surface area contributed by atoms with Crippen molar-refractivity contribution in [1.82, 2.24) is 14.5 Å². The van der Waals surface area contributed by atoms with Crippen molar-refractivity contribution in [3.63, 3.8) is 0 Å². The zero-order valence-corrected chi connectivity index (χ0v) is 13.5. The Morgan fingerprint density at radius 1 is 1.20 bits per heavy atom. The van der Waals surface area contributed by atoms with Gasteiger partial charge in [0.15, 0.2) is 0 Å². The minimum atomic E-state index is 0.399. The molecule has 6 heteroatoms. The molecule has 3 rings (SSSR count). The fourth-order valence-corrected chi connectivity index (χ4v) is 3.40. The number of benzene rings is 1. The van der Waals surface area contributed by atoms with E-state index in [0.29, 0.717) is 22.0 Å². The van der Waals surface area contributed by atoms with Crippen LogP contribution in [0.3, 0.4) is 0 Å². The number of alkyl halides is 1. The SMILES string of the molecule is CN1CCC(n2c(CCl)nc3cc(Cl)c(Cl)cc32)CC1. The molecule has 0 radical (unpaired) electrons. The highest BCUT2D eigenvalue weighted by Gasteiger charge is 2.23. The summed E-state index contributed by atoms with van der Waals surface area (Å²) in [6, 6.07) is 4.16. The highest BCUT2D eigenvalue weighted by atomic mass is 35.5. The molecule has 0 bridgehead atoms. The third-order valence-electron chi connectivity index (χ3n) is 3.98. The Balaban J connectivity index is 2.10. The Morgan fingerprint density at radius 3 is 2.50 bits per heavy atom. The van der Waals surface area contributed by atoms with Crippen LogP contribution in [0.4, 0.5) is 0 Å². The normalized spacial score (nSPS) is 18.0. The van der Waals surface area contributed by atoms with E-state index in [4.69, 9.17) is 34.8 Å². The van der Waals surface area contributed by atoms with Crippen LogP contribution in [0.15, 0.2) is 12.1 Å². The average Bonchev–Trinajstić information content (AvgIpc) is 2.78. The Kier molecular flexibility index (Phi) is 4.14. The van der Waals surface area contributed by atoms with Crippen LogP contribution >= 0.6 is 34.8 Å². The third-order valence-corrected chi connectivity index (χ3v) is 4.94. The summed E-state index contributed by atoms with van der Waals surface area (Å²) in [5.41, 5.74) is 1.90. The Bertz CT molecular complexity index is 630. The van der Waals surface area contributed by atoms with Gasteiger partial charge in [-0.3, -0.25) is 0 Å². The molecular weight excluding hydrogens is 317 g/mol. The molecule has 3 nitrogen and oxygen atoms in total. The maximum atomic E-state index is 6.16. The molecule has 2 aromatic rings. The van der Waals surface area contributed by atoms with E-state index in [1.54, 1.807) is 0 Å². The third kappa shape index (κ3) is 2.52. The van der Waals surface area contributed by atoms with Gasteiger partial charge in [-0.2, -0.15) is 0 Å². The maximum absolute atomic E-state index is 6.16. The Morgan fingerprint density at radius 2 is 1.85 bits per heavy atom. The van der Waals surface area contributed by atoms with Gasteiger partial charge in [-0.05, 0) is 45.1 Å². The minimum absolute atomic E-state index is 0.399. The number of imidazole rings is 1. The number of piperidine rings is 1. The zero-order chi connectivity index (χ0) is 14.3. The predicted molar refractivity (Wildman–Crippen MR) is 85.1 cm³/mol. The fraction of sp³-hybridized carbons (Fsp3) is 0.500. The second-order valence-corrected chi connectivity index (χ2v) is 6.40. The first-order valence-corrected chi connectivity index (χ1v) is 7.99. The molecule has 0 spiro atoms. The summed E-state index contributed by atoms with van der Waals surface area (Å²) < 4.78 is 2.25. The van der Waals surface area contributed by atoms with Gasteiger partial charge in [0.05, 0.1) is 27.0 Å². The van der Waals surface area contributed by atoms with E-state index in [0.717, 1.165) is 42.8 Å². The lowest BCUT2D eigenvalue weighted by Crippen LogP contribution is -2.31. The molecule has 0 atom stereocenters. The van der Waals surface area contributed by atoms with Gasteiger partial charge < -0.3 is 9.47 Å².